The lowest BCUT2D eigenvalue weighted by Crippen LogP contribution is -2.15. The van der Waals surface area contributed by atoms with Crippen LogP contribution in [-0.4, -0.2) is 5.84 Å². The average molecular weight is 225 g/mol. The van der Waals surface area contributed by atoms with Crippen molar-refractivity contribution in [3.05, 3.63) is 65.7 Å². The topological polar surface area (TPSA) is 50.4 Å². The molecule has 0 atom stereocenters. The molecule has 2 rings (SSSR count). The summed E-state index contributed by atoms with van der Waals surface area (Å²) in [4.78, 5) is 0. The Morgan fingerprint density at radius 3 is 2.35 bits per heavy atom. The molecule has 17 heavy (non-hydrogen) atoms. The summed E-state index contributed by atoms with van der Waals surface area (Å²) in [6, 6.07) is 17.6. The summed E-state index contributed by atoms with van der Waals surface area (Å²) in [6.07, 6.45) is 0. The van der Waals surface area contributed by atoms with Gasteiger partial charge in [-0.05, 0) is 18.6 Å². The summed E-state index contributed by atoms with van der Waals surface area (Å²) in [7, 11) is 0. The molecule has 0 fully saturated rings. The largest absolute Gasteiger partial charge is 0.382 e. The van der Waals surface area contributed by atoms with Crippen molar-refractivity contribution < 1.29 is 0 Å². The molecule has 0 aliphatic rings. The fraction of sp³-hybridized carbons (Fsp3) is 0.0714. The minimum Gasteiger partial charge on any atom is -0.382 e. The van der Waals surface area contributed by atoms with E-state index < -0.39 is 0 Å². The number of hydrazone groups is 1. The van der Waals surface area contributed by atoms with Crippen LogP contribution in [0.4, 0.5) is 5.69 Å². The molecule has 0 radical (unpaired) electrons. The zero-order valence-electron chi connectivity index (χ0n) is 9.72. The van der Waals surface area contributed by atoms with E-state index >= 15 is 0 Å². The van der Waals surface area contributed by atoms with Crippen LogP contribution in [0.3, 0.4) is 0 Å². The van der Waals surface area contributed by atoms with E-state index in [1.54, 1.807) is 0 Å². The summed E-state index contributed by atoms with van der Waals surface area (Å²) in [6.45, 7) is 2.02. The second-order valence-electron chi connectivity index (χ2n) is 3.79. The third-order valence-corrected chi connectivity index (χ3v) is 2.51. The Morgan fingerprint density at radius 1 is 1.00 bits per heavy atom. The molecule has 0 aromatic heterocycles. The van der Waals surface area contributed by atoms with Gasteiger partial charge in [-0.3, -0.25) is 5.43 Å². The predicted octanol–water partition coefficient (Wildman–Crippen LogP) is 2.73. The highest BCUT2D eigenvalue weighted by atomic mass is 15.3. The molecule has 0 aliphatic carbocycles. The van der Waals surface area contributed by atoms with Crippen LogP contribution >= 0.6 is 0 Å². The minimum absolute atomic E-state index is 0.480. The number of amidine groups is 1. The lowest BCUT2D eigenvalue weighted by Gasteiger charge is -2.05. The van der Waals surface area contributed by atoms with Gasteiger partial charge in [-0.25, -0.2) is 0 Å². The maximum Gasteiger partial charge on any atom is 0.150 e. The van der Waals surface area contributed by atoms with E-state index in [-0.39, 0.29) is 0 Å². The second-order valence-corrected chi connectivity index (χ2v) is 3.79. The van der Waals surface area contributed by atoms with Gasteiger partial charge in [-0.2, -0.15) is 5.10 Å². The smallest absolute Gasteiger partial charge is 0.150 e. The van der Waals surface area contributed by atoms with Crippen molar-refractivity contribution in [3.8, 4) is 0 Å². The molecule has 0 heterocycles. The molecule has 0 unspecified atom stereocenters. The van der Waals surface area contributed by atoms with Gasteiger partial charge in [-0.15, -0.1) is 0 Å². The van der Waals surface area contributed by atoms with Gasteiger partial charge in [-0.1, -0.05) is 48.5 Å². The summed E-state index contributed by atoms with van der Waals surface area (Å²) in [5.74, 6) is 0.480. The van der Waals surface area contributed by atoms with E-state index in [1.807, 2.05) is 61.5 Å². The van der Waals surface area contributed by atoms with Crippen LogP contribution in [0, 0.1) is 6.92 Å². The second kappa shape index (κ2) is 5.16. The molecule has 2 aromatic carbocycles. The number of aryl methyl sites for hydroxylation is 1. The van der Waals surface area contributed by atoms with E-state index in [4.69, 9.17) is 5.73 Å². The third-order valence-electron chi connectivity index (χ3n) is 2.51. The van der Waals surface area contributed by atoms with Gasteiger partial charge in [0.1, 0.15) is 0 Å². The standard InChI is InChI=1S/C14H15N3/c1-11-7-5-6-10-13(11)16-17-14(15)12-8-3-2-4-9-12/h2-10,16H,1H3,(H2,15,17). The fourth-order valence-electron chi connectivity index (χ4n) is 1.49. The summed E-state index contributed by atoms with van der Waals surface area (Å²) in [5, 5.41) is 4.17. The molecule has 2 aromatic rings. The van der Waals surface area contributed by atoms with Crippen molar-refractivity contribution in [1.82, 2.24) is 0 Å². The summed E-state index contributed by atoms with van der Waals surface area (Å²) in [5.41, 5.74) is 11.9. The van der Waals surface area contributed by atoms with Crippen molar-refractivity contribution >= 4 is 11.5 Å². The molecule has 3 nitrogen and oxygen atoms in total. The molecule has 86 valence electrons. The van der Waals surface area contributed by atoms with Gasteiger partial charge in [0.15, 0.2) is 5.84 Å². The van der Waals surface area contributed by atoms with E-state index in [9.17, 15) is 0 Å². The Bertz CT molecular complexity index is 518. The predicted molar refractivity (Wildman–Crippen MR) is 72.0 cm³/mol. The average Bonchev–Trinajstić information content (AvgIpc) is 2.38. The van der Waals surface area contributed by atoms with Gasteiger partial charge < -0.3 is 5.73 Å². The highest BCUT2D eigenvalue weighted by Crippen LogP contribution is 2.12. The molecule has 0 bridgehead atoms. The Kier molecular flexibility index (Phi) is 3.40. The van der Waals surface area contributed by atoms with Crippen LogP contribution in [0.15, 0.2) is 59.7 Å². The van der Waals surface area contributed by atoms with Crippen LogP contribution in [-0.2, 0) is 0 Å². The first-order valence-electron chi connectivity index (χ1n) is 5.47. The molecule has 0 amide bonds. The molecule has 3 heteroatoms. The van der Waals surface area contributed by atoms with Gasteiger partial charge in [0, 0.05) is 5.56 Å². The maximum atomic E-state index is 5.88. The molecule has 3 N–H and O–H groups in total. The van der Waals surface area contributed by atoms with Crippen molar-refractivity contribution in [2.45, 2.75) is 6.92 Å². The fourth-order valence-corrected chi connectivity index (χ4v) is 1.49. The summed E-state index contributed by atoms with van der Waals surface area (Å²) >= 11 is 0. The first-order valence-corrected chi connectivity index (χ1v) is 5.47. The van der Waals surface area contributed by atoms with E-state index in [2.05, 4.69) is 10.5 Å². The number of nitrogens with two attached hydrogens (primary N) is 1. The SMILES string of the molecule is Cc1ccccc1N/N=C(\N)c1ccccc1. The Hall–Kier alpha value is -2.29. The van der Waals surface area contributed by atoms with Crippen LogP contribution in [0.2, 0.25) is 0 Å². The van der Waals surface area contributed by atoms with Gasteiger partial charge >= 0.3 is 0 Å². The number of hydrogen-bond acceptors (Lipinski definition) is 2. The number of benzene rings is 2. The third kappa shape index (κ3) is 2.84. The van der Waals surface area contributed by atoms with Gasteiger partial charge in [0.25, 0.3) is 0 Å². The van der Waals surface area contributed by atoms with Crippen molar-refractivity contribution in [1.29, 1.82) is 0 Å². The first kappa shape index (κ1) is 11.2. The number of rotatable bonds is 3. The summed E-state index contributed by atoms with van der Waals surface area (Å²) < 4.78 is 0. The monoisotopic (exact) mass is 225 g/mol. The Balaban J connectivity index is 2.14. The van der Waals surface area contributed by atoms with Crippen molar-refractivity contribution in [3.63, 3.8) is 0 Å². The quantitative estimate of drug-likeness (QED) is 0.479. The van der Waals surface area contributed by atoms with Gasteiger partial charge in [0.05, 0.1) is 5.69 Å². The zero-order valence-corrected chi connectivity index (χ0v) is 9.72. The zero-order chi connectivity index (χ0) is 12.1. The molecule has 0 saturated carbocycles. The van der Waals surface area contributed by atoms with Crippen LogP contribution < -0.4 is 11.2 Å². The number of nitrogens with one attached hydrogen (secondary N) is 1. The maximum absolute atomic E-state index is 5.88. The minimum atomic E-state index is 0.480. The molecular weight excluding hydrogens is 210 g/mol. The molecular formula is C14H15N3. The van der Waals surface area contributed by atoms with Crippen molar-refractivity contribution in [2.75, 3.05) is 5.43 Å². The van der Waals surface area contributed by atoms with E-state index in [0.29, 0.717) is 5.84 Å². The Labute approximate surface area is 101 Å². The lowest BCUT2D eigenvalue weighted by atomic mass is 10.2. The van der Waals surface area contributed by atoms with Crippen molar-refractivity contribution in [2.24, 2.45) is 10.8 Å². The van der Waals surface area contributed by atoms with Crippen LogP contribution in [0.5, 0.6) is 0 Å². The first-order chi connectivity index (χ1) is 8.27. The van der Waals surface area contributed by atoms with Crippen LogP contribution in [0.1, 0.15) is 11.1 Å². The normalized spacial score (nSPS) is 11.2. The number of anilines is 1. The highest BCUT2D eigenvalue weighted by molar-refractivity contribution is 5.97. The molecule has 0 saturated heterocycles. The number of hydrogen-bond donors (Lipinski definition) is 2. The highest BCUT2D eigenvalue weighted by Gasteiger charge is 1.97. The molecule has 0 aliphatic heterocycles. The lowest BCUT2D eigenvalue weighted by molar-refractivity contribution is 1.28. The Morgan fingerprint density at radius 2 is 1.65 bits per heavy atom. The van der Waals surface area contributed by atoms with E-state index in [1.165, 1.54) is 0 Å². The van der Waals surface area contributed by atoms with Crippen LogP contribution in [0.25, 0.3) is 0 Å². The molecule has 0 spiro atoms. The number of nitrogens with zero attached hydrogens (tertiary/aromatic N) is 1. The van der Waals surface area contributed by atoms with Gasteiger partial charge in [0.2, 0.25) is 0 Å². The van der Waals surface area contributed by atoms with E-state index in [0.717, 1.165) is 16.8 Å². The number of para-hydroxylation sites is 1.